The third-order valence-electron chi connectivity index (χ3n) is 22.3. The molecule has 0 aromatic heterocycles. The van der Waals surface area contributed by atoms with E-state index in [1.165, 1.54) is 10.9 Å². The molecule has 2 fully saturated rings. The molecule has 4 aliphatic carbocycles. The molecule has 7 aromatic carbocycles. The number of aromatic hydroxyl groups is 1. The molecule has 0 radical (unpaired) electrons. The van der Waals surface area contributed by atoms with Crippen LogP contribution in [0.1, 0.15) is 180 Å². The zero-order valence-corrected chi connectivity index (χ0v) is 56.9. The molecular weight excluding hydrogens is 1200 g/mol. The van der Waals surface area contributed by atoms with E-state index in [1.807, 2.05) is 79.9 Å². The van der Waals surface area contributed by atoms with E-state index in [0.717, 1.165) is 86.8 Å². The Morgan fingerprint density at radius 1 is 0.872 bits per heavy atom. The summed E-state index contributed by atoms with van der Waals surface area (Å²) < 4.78 is 58.0. The van der Waals surface area contributed by atoms with Crippen LogP contribution in [0, 0.1) is 41.4 Å². The van der Waals surface area contributed by atoms with E-state index in [0.29, 0.717) is 68.2 Å². The molecule has 9 N–H and O–H groups in total. The van der Waals surface area contributed by atoms with Crippen molar-refractivity contribution in [3.05, 3.63) is 230 Å². The first-order valence-electron chi connectivity index (χ1n) is 33.6. The molecule has 5 aliphatic heterocycles. The second kappa shape index (κ2) is 27.1. The van der Waals surface area contributed by atoms with Crippen molar-refractivity contribution in [2.24, 2.45) is 46.0 Å². The molecule has 9 aliphatic rings. The summed E-state index contributed by atoms with van der Waals surface area (Å²) in [5.74, 6) is 4.34. The standard InChI is InChI=1S/C79H86N4O9S.Na/c1-47-16-17-56-39-64-28-31-66(56)69(47)42-72(93(88,89)90)71-41-60-37-59(40-65-35-49(46-84)11-6-13-55-38-63(85)27-30-67(55)76(60)91-65)74(71)53-22-25-61(26-23-53)79(92-64,83-77(80)81)44-62(34-48-9-4-3-5-10-48)78(87)32-8-15-58(43-78)51-18-20-54(21-19-51)75(86)68-29-24-52-12-7-14-57-33-50(45-82-2)36-70(68)73(52)57;/h3-5,7,9-10,12,14,18-31,33,36,38-39,41,47,49,58-59,62,65,68-69,71-72,74-76,82,84-87H,8,11,15-17,32,34-35,37,40,42-46H2,1-2H3,(H4,80,81,83)(H,88,89,90);/q;+1/p-1. The third kappa shape index (κ3) is 13.1. The predicted octanol–water partition coefficient (Wildman–Crippen LogP) is 9.87. The summed E-state index contributed by atoms with van der Waals surface area (Å²) in [5.41, 5.74) is 22.6. The van der Waals surface area contributed by atoms with Crippen molar-refractivity contribution in [1.29, 1.82) is 0 Å². The summed E-state index contributed by atoms with van der Waals surface area (Å²) in [6, 6.07) is 48.6. The maximum atomic E-state index is 14.4. The number of aliphatic hydroxyl groups is 3. The molecule has 0 amide bonds. The smallest absolute Gasteiger partial charge is 0.748 e. The fourth-order valence-corrected chi connectivity index (χ4v) is 18.9. The van der Waals surface area contributed by atoms with Crippen molar-refractivity contribution in [1.82, 2.24) is 5.32 Å². The number of guanidine groups is 1. The average molecular weight is 1290 g/mol. The van der Waals surface area contributed by atoms with Crippen LogP contribution in [0.25, 0.3) is 16.8 Å². The predicted molar refractivity (Wildman–Crippen MR) is 363 cm³/mol. The van der Waals surface area contributed by atoms with Gasteiger partial charge in [-0.1, -0.05) is 152 Å². The van der Waals surface area contributed by atoms with Gasteiger partial charge in [0, 0.05) is 48.6 Å². The maximum Gasteiger partial charge on any atom is 1.00 e. The zero-order chi connectivity index (χ0) is 64.3. The minimum Gasteiger partial charge on any atom is -0.748 e. The minimum absolute atomic E-state index is 0. The minimum atomic E-state index is -4.97. The molecule has 0 spiro atoms. The number of hydrogen-bond donors (Lipinski definition) is 7. The van der Waals surface area contributed by atoms with Gasteiger partial charge in [0.05, 0.1) is 33.2 Å². The van der Waals surface area contributed by atoms with Crippen LogP contribution in [0.15, 0.2) is 168 Å². The number of aliphatic hydroxyl groups excluding tert-OH is 2. The largest absolute Gasteiger partial charge is 1.00 e. The number of nitrogens with one attached hydrogen (secondary N) is 1. The maximum absolute atomic E-state index is 14.4. The van der Waals surface area contributed by atoms with Crippen molar-refractivity contribution in [2.45, 2.75) is 155 Å². The van der Waals surface area contributed by atoms with Gasteiger partial charge in [-0.25, -0.2) is 13.4 Å². The Hall–Kier alpha value is -6.58. The van der Waals surface area contributed by atoms with Gasteiger partial charge >= 0.3 is 29.6 Å². The fourth-order valence-electron chi connectivity index (χ4n) is 17.8. The van der Waals surface area contributed by atoms with Crippen LogP contribution in [-0.2, 0) is 40.0 Å². The summed E-state index contributed by atoms with van der Waals surface area (Å²) >= 11 is 0. The van der Waals surface area contributed by atoms with Crippen molar-refractivity contribution < 1.29 is 72.4 Å². The van der Waals surface area contributed by atoms with Gasteiger partial charge < -0.3 is 51.2 Å². The quantitative estimate of drug-likeness (QED) is 0.0143. The van der Waals surface area contributed by atoms with Crippen molar-refractivity contribution in [3.63, 3.8) is 0 Å². The van der Waals surface area contributed by atoms with Crippen LogP contribution in [0.4, 0.5) is 0 Å². The van der Waals surface area contributed by atoms with E-state index in [9.17, 15) is 33.4 Å². The molecule has 15 unspecified atom stereocenters. The average Bonchev–Trinajstić information content (AvgIpc) is 1.28. The van der Waals surface area contributed by atoms with Crippen LogP contribution in [-0.4, -0.2) is 70.0 Å². The summed E-state index contributed by atoms with van der Waals surface area (Å²) in [6.07, 6.45) is 11.4. The Balaban J connectivity index is 0.00000803. The number of nitrogens with zero attached hydrogens (tertiary/aromatic N) is 1. The number of rotatable bonds is 13. The first-order chi connectivity index (χ1) is 44.9. The number of hydrogen-bond acceptors (Lipinski definition) is 11. The van der Waals surface area contributed by atoms with Crippen molar-refractivity contribution >= 4 is 32.9 Å². The number of phenols is 1. The molecule has 1 saturated heterocycles. The number of phenolic OH excluding ortho intramolecular Hbond substituents is 1. The number of benzene rings is 7. The third-order valence-corrected chi connectivity index (χ3v) is 23.6. The molecule has 482 valence electrons. The molecule has 13 nitrogen and oxygen atoms in total. The van der Waals surface area contributed by atoms with Gasteiger partial charge in [0.2, 0.25) is 5.72 Å². The summed E-state index contributed by atoms with van der Waals surface area (Å²) in [6.45, 7) is 2.78. The topological polar surface area (TPSA) is 233 Å². The monoisotopic (exact) mass is 1290 g/mol. The van der Waals surface area contributed by atoms with E-state index in [4.69, 9.17) is 25.9 Å². The van der Waals surface area contributed by atoms with Gasteiger partial charge in [-0.05, 0) is 222 Å². The number of aryl methyl sites for hydroxylation is 1. The molecular formula is C79H85N4NaO9S. The van der Waals surface area contributed by atoms with Gasteiger partial charge in [-0.15, -0.1) is 0 Å². The molecule has 5 heterocycles. The van der Waals surface area contributed by atoms with Crippen LogP contribution < -0.4 is 51.1 Å². The molecule has 1 saturated carbocycles. The van der Waals surface area contributed by atoms with E-state index in [2.05, 4.69) is 103 Å². The van der Waals surface area contributed by atoms with Gasteiger partial charge in [-0.3, -0.25) is 0 Å². The molecule has 15 heteroatoms. The Labute approximate surface area is 575 Å². The van der Waals surface area contributed by atoms with Crippen LogP contribution in [0.3, 0.4) is 0 Å². The second-order valence-corrected chi connectivity index (χ2v) is 29.8. The molecule has 16 rings (SSSR count). The number of nitrogens with two attached hydrogens (primary N) is 2. The number of aliphatic imine (C=N–C) groups is 1. The molecule has 94 heavy (non-hydrogen) atoms. The Kier molecular flexibility index (Phi) is 19.1. The van der Waals surface area contributed by atoms with Gasteiger partial charge in [0.1, 0.15) is 17.6 Å². The van der Waals surface area contributed by atoms with E-state index in [-0.39, 0.29) is 102 Å². The molecule has 15 atom stereocenters. The van der Waals surface area contributed by atoms with E-state index < -0.39 is 56.7 Å². The van der Waals surface area contributed by atoms with Crippen molar-refractivity contribution in [2.75, 3.05) is 13.7 Å². The second-order valence-electron chi connectivity index (χ2n) is 28.2. The SMILES string of the molecule is CNCc1cc2c3c(cccc3c1)C=CC2C(O)c1ccc(C2CCCC(O)(C(Cc3ccccc3)CC3(N=C(N)N)Oc4ccc5c(c4)CCC(C)C5CC(S(=O)(=O)[O-])C4C=C5CC(CC6CC(CO)CC#Cc7cc(O)ccc7C5O6)C4c4ccc3cc4)C2)cc1.[Na+]. The summed E-state index contributed by atoms with van der Waals surface area (Å²) in [4.78, 5) is 5.20. The summed E-state index contributed by atoms with van der Waals surface area (Å²) in [7, 11) is -3.02. The Bertz CT molecular complexity index is 4220. The van der Waals surface area contributed by atoms with Gasteiger partial charge in [0.25, 0.3) is 0 Å². The van der Waals surface area contributed by atoms with E-state index in [1.54, 1.807) is 12.1 Å². The van der Waals surface area contributed by atoms with Crippen LogP contribution in [0.2, 0.25) is 0 Å². The number of fused-ring (bicyclic) bond motifs is 8. The normalized spacial score (nSPS) is 29.0. The Morgan fingerprint density at radius 3 is 2.43 bits per heavy atom. The van der Waals surface area contributed by atoms with E-state index >= 15 is 0 Å². The summed E-state index contributed by atoms with van der Waals surface area (Å²) in [5, 5.41) is 51.9. The van der Waals surface area contributed by atoms with Gasteiger partial charge in [-0.2, -0.15) is 0 Å². The van der Waals surface area contributed by atoms with Crippen LogP contribution >= 0.6 is 0 Å². The van der Waals surface area contributed by atoms with Gasteiger partial charge in [0.15, 0.2) is 5.96 Å². The molecule has 7 aromatic rings. The van der Waals surface area contributed by atoms with Crippen LogP contribution in [0.5, 0.6) is 11.5 Å². The number of allylic oxidation sites excluding steroid dienone is 1. The van der Waals surface area contributed by atoms with Crippen molar-refractivity contribution in [3.8, 4) is 23.3 Å². The molecule has 10 bridgehead atoms. The number of ether oxygens (including phenoxy) is 2. The fraction of sp³-hybridized carbons (Fsp3) is 0.405. The Morgan fingerprint density at radius 2 is 1.66 bits per heavy atom. The first-order valence-corrected chi connectivity index (χ1v) is 35.1. The zero-order valence-electron chi connectivity index (χ0n) is 54.0. The first kappa shape index (κ1) is 66.1.